The van der Waals surface area contributed by atoms with Crippen molar-refractivity contribution in [3.63, 3.8) is 0 Å². The number of nitrogens with zero attached hydrogens (tertiary/aromatic N) is 1. The minimum absolute atomic E-state index is 0.00660. The first kappa shape index (κ1) is 19.4. The Hall–Kier alpha value is -2.34. The summed E-state index contributed by atoms with van der Waals surface area (Å²) in [6, 6.07) is 13.0. The lowest BCUT2D eigenvalue weighted by molar-refractivity contribution is -0.384. The number of nitrogens with one attached hydrogen (secondary N) is 1. The molecule has 0 fully saturated rings. The fourth-order valence-corrected chi connectivity index (χ4v) is 4.16. The van der Waals surface area contributed by atoms with Gasteiger partial charge < -0.3 is 5.32 Å². The molecule has 0 radical (unpaired) electrons. The van der Waals surface area contributed by atoms with Crippen molar-refractivity contribution in [2.75, 3.05) is 5.75 Å². The molecule has 1 aliphatic rings. The molecule has 27 heavy (non-hydrogen) atoms. The van der Waals surface area contributed by atoms with Gasteiger partial charge in [0.1, 0.15) is 0 Å². The van der Waals surface area contributed by atoms with Gasteiger partial charge in [0, 0.05) is 17.9 Å². The highest BCUT2D eigenvalue weighted by Gasteiger charge is 2.14. The molecule has 1 atom stereocenters. The van der Waals surface area contributed by atoms with Crippen LogP contribution in [0.4, 0.5) is 5.69 Å². The smallest absolute Gasteiger partial charge is 0.269 e. The summed E-state index contributed by atoms with van der Waals surface area (Å²) in [5, 5.41) is 13.7. The van der Waals surface area contributed by atoms with Crippen LogP contribution in [0, 0.1) is 10.1 Å². The summed E-state index contributed by atoms with van der Waals surface area (Å²) >= 11 is 1.51. The van der Waals surface area contributed by atoms with Crippen molar-refractivity contribution in [2.45, 2.75) is 44.4 Å². The third-order valence-corrected chi connectivity index (χ3v) is 5.90. The number of hydrogen-bond donors (Lipinski definition) is 1. The predicted molar refractivity (Wildman–Crippen MR) is 109 cm³/mol. The van der Waals surface area contributed by atoms with Gasteiger partial charge in [0.25, 0.3) is 5.69 Å². The van der Waals surface area contributed by atoms with Crippen LogP contribution in [-0.4, -0.2) is 16.6 Å². The molecule has 1 aliphatic carbocycles. The quantitative estimate of drug-likeness (QED) is 0.560. The van der Waals surface area contributed by atoms with Crippen molar-refractivity contribution >= 4 is 23.4 Å². The maximum Gasteiger partial charge on any atom is 0.269 e. The summed E-state index contributed by atoms with van der Waals surface area (Å²) < 4.78 is 0. The number of carbonyl (C=O) groups excluding carboxylic acids is 1. The van der Waals surface area contributed by atoms with E-state index in [9.17, 15) is 14.9 Å². The summed E-state index contributed by atoms with van der Waals surface area (Å²) in [6.07, 6.45) is 4.81. The molecule has 0 saturated carbocycles. The third kappa shape index (κ3) is 5.32. The highest BCUT2D eigenvalue weighted by atomic mass is 32.2. The number of thioether (sulfide) groups is 1. The molecule has 6 heteroatoms. The lowest BCUT2D eigenvalue weighted by Gasteiger charge is -2.20. The first-order valence-corrected chi connectivity index (χ1v) is 10.4. The molecule has 5 nitrogen and oxygen atoms in total. The van der Waals surface area contributed by atoms with Crippen LogP contribution in [-0.2, 0) is 23.4 Å². The van der Waals surface area contributed by atoms with E-state index in [-0.39, 0.29) is 17.6 Å². The van der Waals surface area contributed by atoms with Crippen molar-refractivity contribution < 1.29 is 9.72 Å². The zero-order chi connectivity index (χ0) is 19.2. The molecule has 3 rings (SSSR count). The van der Waals surface area contributed by atoms with Crippen molar-refractivity contribution in [2.24, 2.45) is 0 Å². The average Bonchev–Trinajstić information content (AvgIpc) is 2.68. The van der Waals surface area contributed by atoms with E-state index in [4.69, 9.17) is 0 Å². The van der Waals surface area contributed by atoms with Crippen LogP contribution in [0.5, 0.6) is 0 Å². The molecular formula is C21H24N2O3S. The minimum atomic E-state index is -0.410. The fourth-order valence-electron chi connectivity index (χ4n) is 3.36. The van der Waals surface area contributed by atoms with Gasteiger partial charge in [-0.05, 0) is 54.9 Å². The predicted octanol–water partition coefficient (Wildman–Crippen LogP) is 4.58. The Morgan fingerprint density at radius 2 is 1.85 bits per heavy atom. The Balaban J connectivity index is 1.46. The van der Waals surface area contributed by atoms with Crippen molar-refractivity contribution in [3.8, 4) is 0 Å². The molecule has 0 saturated heterocycles. The van der Waals surface area contributed by atoms with Crippen molar-refractivity contribution in [3.05, 3.63) is 74.8 Å². The lowest BCUT2D eigenvalue weighted by atomic mass is 9.89. The van der Waals surface area contributed by atoms with Crippen molar-refractivity contribution in [1.82, 2.24) is 5.32 Å². The molecule has 0 heterocycles. The van der Waals surface area contributed by atoms with Crippen LogP contribution in [0.25, 0.3) is 0 Å². The van der Waals surface area contributed by atoms with E-state index < -0.39 is 4.92 Å². The van der Waals surface area contributed by atoms with Crippen LogP contribution in [0.2, 0.25) is 0 Å². The molecule has 1 N–H and O–H groups in total. The highest BCUT2D eigenvalue weighted by Crippen LogP contribution is 2.25. The fraction of sp³-hybridized carbons (Fsp3) is 0.381. The topological polar surface area (TPSA) is 72.2 Å². The van der Waals surface area contributed by atoms with E-state index in [1.54, 1.807) is 12.1 Å². The van der Waals surface area contributed by atoms with Gasteiger partial charge in [-0.3, -0.25) is 14.9 Å². The standard InChI is InChI=1S/C21H24N2O3S/c1-15(18-9-8-17-4-2-3-5-19(17)12-18)22-21(24)14-27-13-16-6-10-20(11-7-16)23(25)26/h6-12,15H,2-5,13-14H2,1H3,(H,22,24). The number of carbonyl (C=O) groups is 1. The lowest BCUT2D eigenvalue weighted by Crippen LogP contribution is -2.28. The van der Waals surface area contributed by atoms with Crippen LogP contribution in [0.3, 0.4) is 0 Å². The Kier molecular flexibility index (Phi) is 6.50. The van der Waals surface area contributed by atoms with E-state index in [0.29, 0.717) is 11.5 Å². The minimum Gasteiger partial charge on any atom is -0.349 e. The molecular weight excluding hydrogens is 360 g/mol. The molecule has 142 valence electrons. The Bertz CT molecular complexity index is 821. The van der Waals surface area contributed by atoms with E-state index in [1.165, 1.54) is 47.9 Å². The number of benzene rings is 2. The van der Waals surface area contributed by atoms with E-state index in [2.05, 4.69) is 23.5 Å². The number of nitro benzene ring substituents is 1. The van der Waals surface area contributed by atoms with Gasteiger partial charge in [0.15, 0.2) is 0 Å². The zero-order valence-electron chi connectivity index (χ0n) is 15.4. The monoisotopic (exact) mass is 384 g/mol. The van der Waals surface area contributed by atoms with Gasteiger partial charge in [-0.1, -0.05) is 30.3 Å². The van der Waals surface area contributed by atoms with Gasteiger partial charge in [-0.2, -0.15) is 0 Å². The second kappa shape index (κ2) is 9.04. The number of rotatable bonds is 7. The zero-order valence-corrected chi connectivity index (χ0v) is 16.3. The molecule has 0 spiro atoms. The van der Waals surface area contributed by atoms with Crippen LogP contribution in [0.1, 0.15) is 48.1 Å². The van der Waals surface area contributed by atoms with E-state index in [1.807, 2.05) is 6.92 Å². The second-order valence-electron chi connectivity index (χ2n) is 6.94. The van der Waals surface area contributed by atoms with Gasteiger partial charge in [-0.25, -0.2) is 0 Å². The van der Waals surface area contributed by atoms with Crippen LogP contribution >= 0.6 is 11.8 Å². The molecule has 1 amide bonds. The summed E-state index contributed by atoms with van der Waals surface area (Å²) in [7, 11) is 0. The molecule has 0 aromatic heterocycles. The van der Waals surface area contributed by atoms with Gasteiger partial charge in [0.2, 0.25) is 5.91 Å². The second-order valence-corrected chi connectivity index (χ2v) is 7.93. The van der Waals surface area contributed by atoms with Crippen LogP contribution in [0.15, 0.2) is 42.5 Å². The molecule has 2 aromatic rings. The molecule has 0 bridgehead atoms. The van der Waals surface area contributed by atoms with Crippen LogP contribution < -0.4 is 5.32 Å². The Morgan fingerprint density at radius 3 is 2.56 bits per heavy atom. The number of nitro groups is 1. The average molecular weight is 385 g/mol. The van der Waals surface area contributed by atoms with Gasteiger partial charge in [-0.15, -0.1) is 11.8 Å². The molecule has 2 aromatic carbocycles. The largest absolute Gasteiger partial charge is 0.349 e. The highest BCUT2D eigenvalue weighted by molar-refractivity contribution is 7.99. The maximum atomic E-state index is 12.2. The summed E-state index contributed by atoms with van der Waals surface area (Å²) in [6.45, 7) is 2.02. The van der Waals surface area contributed by atoms with Gasteiger partial charge >= 0.3 is 0 Å². The number of aryl methyl sites for hydroxylation is 2. The van der Waals surface area contributed by atoms with Gasteiger partial charge in [0.05, 0.1) is 16.7 Å². The molecule has 0 aliphatic heterocycles. The molecule has 1 unspecified atom stereocenters. The number of amides is 1. The Labute approximate surface area is 163 Å². The first-order chi connectivity index (χ1) is 13.0. The number of non-ortho nitro benzene ring substituents is 1. The van der Waals surface area contributed by atoms with E-state index in [0.717, 1.165) is 24.0 Å². The summed E-state index contributed by atoms with van der Waals surface area (Å²) in [5.74, 6) is 1.03. The summed E-state index contributed by atoms with van der Waals surface area (Å²) in [5.41, 5.74) is 5.08. The van der Waals surface area contributed by atoms with Crippen molar-refractivity contribution in [1.29, 1.82) is 0 Å². The SMILES string of the molecule is CC(NC(=O)CSCc1ccc([N+](=O)[O-])cc1)c1ccc2c(c1)CCCC2. The number of fused-ring (bicyclic) bond motifs is 1. The first-order valence-electron chi connectivity index (χ1n) is 9.25. The maximum absolute atomic E-state index is 12.2. The third-order valence-electron chi connectivity index (χ3n) is 4.90. The normalized spacial score (nSPS) is 14.3. The number of hydrogen-bond acceptors (Lipinski definition) is 4. The Morgan fingerprint density at radius 1 is 1.15 bits per heavy atom. The van der Waals surface area contributed by atoms with E-state index >= 15 is 0 Å². The summed E-state index contributed by atoms with van der Waals surface area (Å²) in [4.78, 5) is 22.5.